The van der Waals surface area contributed by atoms with Crippen LogP contribution in [0.3, 0.4) is 0 Å². The van der Waals surface area contributed by atoms with Crippen LogP contribution in [0.2, 0.25) is 0 Å². The van der Waals surface area contributed by atoms with Gasteiger partial charge in [-0.05, 0) is 0 Å². The molecule has 0 rings (SSSR count). The average Bonchev–Trinajstić information content (AvgIpc) is 2.22. The first-order chi connectivity index (χ1) is 9.20. The molecule has 0 aromatic carbocycles. The van der Waals surface area contributed by atoms with E-state index in [-0.39, 0.29) is 59.7 Å². The fraction of sp³-hybridized carbons (Fsp3) is 0.600. The van der Waals surface area contributed by atoms with E-state index >= 15 is 0 Å². The van der Waals surface area contributed by atoms with Gasteiger partial charge in [0.15, 0.2) is 0 Å². The zero-order valence-electron chi connectivity index (χ0n) is 11.7. The minimum absolute atomic E-state index is 0. The van der Waals surface area contributed by atoms with Crippen molar-refractivity contribution >= 4 is 23.9 Å². The van der Waals surface area contributed by atoms with Gasteiger partial charge in [-0.2, -0.15) is 0 Å². The Bertz CT molecular complexity index is 327. The Labute approximate surface area is 158 Å². The van der Waals surface area contributed by atoms with Gasteiger partial charge in [-0.25, -0.2) is 0 Å². The van der Waals surface area contributed by atoms with E-state index in [1.807, 2.05) is 0 Å². The number of nitrogens with zero attached hydrogens (tertiary/aromatic N) is 2. The van der Waals surface area contributed by atoms with Crippen molar-refractivity contribution in [2.45, 2.75) is 0 Å². The molecule has 0 saturated carbocycles. The molecule has 0 fully saturated rings. The Hall–Kier alpha value is -0.681. The van der Waals surface area contributed by atoms with E-state index in [4.69, 9.17) is 5.11 Å². The molecule has 0 spiro atoms. The van der Waals surface area contributed by atoms with E-state index in [2.05, 4.69) is 0 Å². The molecule has 12 heteroatoms. The van der Waals surface area contributed by atoms with Crippen molar-refractivity contribution < 1.29 is 86.2 Å². The monoisotopic (exact) mass is 375 g/mol. The largest absolute Gasteiger partial charge is 2.00 e. The van der Waals surface area contributed by atoms with Gasteiger partial charge in [-0.1, -0.05) is 0 Å². The maximum atomic E-state index is 10.5. The van der Waals surface area contributed by atoms with E-state index in [0.29, 0.717) is 0 Å². The van der Waals surface area contributed by atoms with Crippen molar-refractivity contribution in [3.63, 3.8) is 0 Å². The second kappa shape index (κ2) is 13.9. The molecule has 0 aliphatic rings. The molecule has 0 atom stereocenters. The summed E-state index contributed by atoms with van der Waals surface area (Å²) in [5.41, 5.74) is 0. The number of rotatable bonds is 11. The van der Waals surface area contributed by atoms with Gasteiger partial charge in [0.05, 0.1) is 24.5 Å². The van der Waals surface area contributed by atoms with Crippen LogP contribution in [0.1, 0.15) is 0 Å². The summed E-state index contributed by atoms with van der Waals surface area (Å²) in [7, 11) is 0. The molecule has 0 aromatic heterocycles. The van der Waals surface area contributed by atoms with Gasteiger partial charge in [0.2, 0.25) is 0 Å². The molecular formula is C10H13CuN2NaO8. The third kappa shape index (κ3) is 15.7. The predicted octanol–water partition coefficient (Wildman–Crippen LogP) is -9.07. The molecule has 10 nitrogen and oxygen atoms in total. The third-order valence-electron chi connectivity index (χ3n) is 2.15. The predicted molar refractivity (Wildman–Crippen MR) is 55.5 cm³/mol. The molecular weight excluding hydrogens is 363 g/mol. The molecule has 0 bridgehead atoms. The molecule has 1 N–H and O–H groups in total. The third-order valence-corrected chi connectivity index (χ3v) is 2.15. The summed E-state index contributed by atoms with van der Waals surface area (Å²) < 4.78 is 0. The number of carbonyl (C=O) groups is 4. The van der Waals surface area contributed by atoms with Crippen LogP contribution in [0.4, 0.5) is 0 Å². The van der Waals surface area contributed by atoms with Gasteiger partial charge >= 0.3 is 52.6 Å². The van der Waals surface area contributed by atoms with E-state index in [0.717, 1.165) is 9.80 Å². The second-order valence-corrected chi connectivity index (χ2v) is 3.93. The smallest absolute Gasteiger partial charge is 0.549 e. The Morgan fingerprint density at radius 1 is 0.727 bits per heavy atom. The van der Waals surface area contributed by atoms with Crippen LogP contribution in [-0.4, -0.2) is 78.1 Å². The summed E-state index contributed by atoms with van der Waals surface area (Å²) in [4.78, 5) is 43.7. The molecule has 1 radical (unpaired) electrons. The first-order valence-electron chi connectivity index (χ1n) is 5.46. The van der Waals surface area contributed by atoms with Crippen molar-refractivity contribution in [2.75, 3.05) is 39.3 Å². The summed E-state index contributed by atoms with van der Waals surface area (Å²) in [5, 5.41) is 39.8. The summed E-state index contributed by atoms with van der Waals surface area (Å²) >= 11 is 0. The minimum atomic E-state index is -1.52. The topological polar surface area (TPSA) is 164 Å². The molecule has 0 saturated heterocycles. The van der Waals surface area contributed by atoms with Crippen molar-refractivity contribution in [2.24, 2.45) is 0 Å². The Kier molecular flexibility index (Phi) is 16.6. The maximum Gasteiger partial charge on any atom is 2.00 e. The van der Waals surface area contributed by atoms with Gasteiger partial charge in [0.1, 0.15) is 0 Å². The molecule has 22 heavy (non-hydrogen) atoms. The number of carbonyl (C=O) groups excluding carboxylic acids is 3. The molecule has 0 aliphatic heterocycles. The van der Waals surface area contributed by atoms with Crippen LogP contribution >= 0.6 is 0 Å². The van der Waals surface area contributed by atoms with E-state index < -0.39 is 50.1 Å². The minimum Gasteiger partial charge on any atom is -0.549 e. The van der Waals surface area contributed by atoms with Crippen molar-refractivity contribution in [3.05, 3.63) is 0 Å². The normalized spacial score (nSPS) is 9.73. The maximum absolute atomic E-state index is 10.5. The number of aliphatic carboxylic acids is 4. The first-order valence-corrected chi connectivity index (χ1v) is 5.46. The van der Waals surface area contributed by atoms with Gasteiger partial charge < -0.3 is 34.8 Å². The molecule has 0 aromatic rings. The van der Waals surface area contributed by atoms with Gasteiger partial charge in [-0.15, -0.1) is 0 Å². The first kappa shape index (κ1) is 26.2. The molecule has 123 valence electrons. The summed E-state index contributed by atoms with van der Waals surface area (Å²) in [6.07, 6.45) is 0. The number of hydrogen-bond donors (Lipinski definition) is 1. The summed E-state index contributed by atoms with van der Waals surface area (Å²) in [6, 6.07) is 0. The van der Waals surface area contributed by atoms with Gasteiger partial charge in [0.25, 0.3) is 0 Å². The van der Waals surface area contributed by atoms with Crippen LogP contribution in [0.5, 0.6) is 0 Å². The summed E-state index contributed by atoms with van der Waals surface area (Å²) in [6.45, 7) is -3.00. The number of hydrogen-bond acceptors (Lipinski definition) is 9. The second-order valence-electron chi connectivity index (χ2n) is 3.93. The fourth-order valence-corrected chi connectivity index (χ4v) is 1.45. The zero-order chi connectivity index (χ0) is 15.7. The van der Waals surface area contributed by atoms with Crippen molar-refractivity contribution in [1.82, 2.24) is 9.80 Å². The summed E-state index contributed by atoms with van der Waals surface area (Å²) in [5.74, 6) is -5.82. The van der Waals surface area contributed by atoms with Crippen LogP contribution in [0.15, 0.2) is 0 Å². The Balaban J connectivity index is -0.00000180. The van der Waals surface area contributed by atoms with Gasteiger partial charge in [-0.3, -0.25) is 14.6 Å². The average molecular weight is 376 g/mol. The van der Waals surface area contributed by atoms with Crippen LogP contribution in [-0.2, 0) is 36.2 Å². The van der Waals surface area contributed by atoms with Crippen LogP contribution in [0, 0.1) is 0 Å². The van der Waals surface area contributed by atoms with Crippen molar-refractivity contribution in [3.8, 4) is 0 Å². The van der Waals surface area contributed by atoms with E-state index in [1.54, 1.807) is 0 Å². The van der Waals surface area contributed by atoms with Crippen molar-refractivity contribution in [1.29, 1.82) is 0 Å². The number of carboxylic acids is 4. The zero-order valence-corrected chi connectivity index (χ0v) is 14.7. The molecule has 0 heterocycles. The van der Waals surface area contributed by atoms with E-state index in [9.17, 15) is 34.5 Å². The number of carboxylic acid groups (broad SMARTS) is 4. The fourth-order valence-electron chi connectivity index (χ4n) is 1.45. The SMILES string of the molecule is O=C([O-])CN(CCN(CC(=O)[O-])CC(=O)O)CC(=O)[O-].[Cu+2].[Na+]. The van der Waals surface area contributed by atoms with Gasteiger partial charge in [0, 0.05) is 32.7 Å². The quantitative estimate of drug-likeness (QED) is 0.343. The molecule has 0 aliphatic carbocycles. The standard InChI is InChI=1S/C10H16N2O8.Cu.Na/c13-7(14)3-11(4-8(15)16)1-2-12(5-9(17)18)6-10(19)20;;/h1-6H2,(H,13,14)(H,15,16)(H,17,18)(H,19,20);;/q;+2;+1/p-3. The van der Waals surface area contributed by atoms with Crippen LogP contribution < -0.4 is 44.9 Å². The molecule has 0 unspecified atom stereocenters. The Morgan fingerprint density at radius 2 is 1.00 bits per heavy atom. The van der Waals surface area contributed by atoms with Crippen LogP contribution in [0.25, 0.3) is 0 Å². The Morgan fingerprint density at radius 3 is 1.23 bits per heavy atom. The molecule has 0 amide bonds. The van der Waals surface area contributed by atoms with E-state index in [1.165, 1.54) is 0 Å².